The highest BCUT2D eigenvalue weighted by Crippen LogP contribution is 2.18. The lowest BCUT2D eigenvalue weighted by molar-refractivity contribution is -0.0498. The van der Waals surface area contributed by atoms with Gasteiger partial charge in [-0.15, -0.1) is 0 Å². The highest BCUT2D eigenvalue weighted by molar-refractivity contribution is 5.32. The van der Waals surface area contributed by atoms with Crippen LogP contribution in [0.25, 0.3) is 0 Å². The van der Waals surface area contributed by atoms with Crippen molar-refractivity contribution in [2.45, 2.75) is 13.0 Å². The topological polar surface area (TPSA) is 22.1 Å². The van der Waals surface area contributed by atoms with Crippen molar-refractivity contribution in [3.63, 3.8) is 0 Å². The van der Waals surface area contributed by atoms with Crippen molar-refractivity contribution in [3.8, 4) is 5.75 Å². The zero-order valence-corrected chi connectivity index (χ0v) is 9.32. The van der Waals surface area contributed by atoms with Gasteiger partial charge in [0.05, 0.1) is 6.20 Å². The van der Waals surface area contributed by atoms with Gasteiger partial charge in [0, 0.05) is 6.20 Å². The van der Waals surface area contributed by atoms with Crippen LogP contribution in [0, 0.1) is 5.82 Å². The molecule has 0 bridgehead atoms. The number of alkyl halides is 2. The maximum atomic E-state index is 12.9. The predicted molar refractivity (Wildman–Crippen MR) is 60.1 cm³/mol. The van der Waals surface area contributed by atoms with Crippen molar-refractivity contribution >= 4 is 0 Å². The van der Waals surface area contributed by atoms with Crippen molar-refractivity contribution in [3.05, 3.63) is 59.7 Å². The highest BCUT2D eigenvalue weighted by atomic mass is 19.3. The van der Waals surface area contributed by atoms with Gasteiger partial charge in [-0.25, -0.2) is 4.39 Å². The first-order valence-electron chi connectivity index (χ1n) is 5.26. The molecule has 0 aliphatic rings. The molecule has 1 heterocycles. The third kappa shape index (κ3) is 3.48. The summed E-state index contributed by atoms with van der Waals surface area (Å²) in [6.07, 6.45) is 3.05. The molecule has 0 spiro atoms. The molecule has 2 aromatic rings. The Morgan fingerprint density at radius 3 is 2.67 bits per heavy atom. The second-order valence-corrected chi connectivity index (χ2v) is 3.71. The van der Waals surface area contributed by atoms with E-state index >= 15 is 0 Å². The fourth-order valence-electron chi connectivity index (χ4n) is 1.62. The van der Waals surface area contributed by atoms with Crippen molar-refractivity contribution in [1.29, 1.82) is 0 Å². The Balaban J connectivity index is 2.14. The number of benzene rings is 1. The number of hydrogen-bond donors (Lipinski definition) is 0. The van der Waals surface area contributed by atoms with Gasteiger partial charge in [-0.1, -0.05) is 12.1 Å². The smallest absolute Gasteiger partial charge is 0.387 e. The second-order valence-electron chi connectivity index (χ2n) is 3.71. The molecule has 0 aliphatic heterocycles. The summed E-state index contributed by atoms with van der Waals surface area (Å²) in [5.41, 5.74) is 1.42. The van der Waals surface area contributed by atoms with Crippen LogP contribution in [0.15, 0.2) is 42.7 Å². The first-order valence-corrected chi connectivity index (χ1v) is 5.26. The second kappa shape index (κ2) is 5.53. The molecule has 18 heavy (non-hydrogen) atoms. The first kappa shape index (κ1) is 12.4. The summed E-state index contributed by atoms with van der Waals surface area (Å²) >= 11 is 0. The molecule has 0 unspecified atom stereocenters. The Morgan fingerprint density at radius 2 is 1.94 bits per heavy atom. The zero-order chi connectivity index (χ0) is 13.0. The number of pyridine rings is 1. The lowest BCUT2D eigenvalue weighted by atomic mass is 10.1. The van der Waals surface area contributed by atoms with Crippen LogP contribution >= 0.6 is 0 Å². The molecule has 2 nitrogen and oxygen atoms in total. The number of hydrogen-bond acceptors (Lipinski definition) is 2. The van der Waals surface area contributed by atoms with E-state index in [1.54, 1.807) is 12.1 Å². The van der Waals surface area contributed by atoms with Crippen LogP contribution in [0.2, 0.25) is 0 Å². The van der Waals surface area contributed by atoms with E-state index in [0.29, 0.717) is 12.0 Å². The number of halogens is 3. The van der Waals surface area contributed by atoms with Crippen molar-refractivity contribution < 1.29 is 17.9 Å². The molecule has 0 amide bonds. The maximum absolute atomic E-state index is 12.9. The molecule has 0 radical (unpaired) electrons. The van der Waals surface area contributed by atoms with Gasteiger partial charge in [-0.05, 0) is 35.7 Å². The fourth-order valence-corrected chi connectivity index (χ4v) is 1.62. The lowest BCUT2D eigenvalue weighted by Gasteiger charge is -2.06. The Hall–Kier alpha value is -2.04. The fraction of sp³-hybridized carbons (Fsp3) is 0.154. The van der Waals surface area contributed by atoms with E-state index in [1.165, 1.54) is 24.4 Å². The first-order chi connectivity index (χ1) is 8.63. The van der Waals surface area contributed by atoms with Gasteiger partial charge >= 0.3 is 6.61 Å². The van der Waals surface area contributed by atoms with E-state index in [4.69, 9.17) is 0 Å². The minimum Gasteiger partial charge on any atom is -0.435 e. The van der Waals surface area contributed by atoms with Crippen molar-refractivity contribution in [2.75, 3.05) is 0 Å². The van der Waals surface area contributed by atoms with Crippen LogP contribution in [0.5, 0.6) is 5.75 Å². The summed E-state index contributed by atoms with van der Waals surface area (Å²) in [5, 5.41) is 0. The van der Waals surface area contributed by atoms with Crippen molar-refractivity contribution in [2.24, 2.45) is 0 Å². The molecule has 1 aromatic carbocycles. The van der Waals surface area contributed by atoms with E-state index in [9.17, 15) is 13.2 Å². The van der Waals surface area contributed by atoms with Gasteiger partial charge in [0.1, 0.15) is 11.6 Å². The minimum absolute atomic E-state index is 0.0897. The molecule has 2 rings (SSSR count). The van der Waals surface area contributed by atoms with Gasteiger partial charge < -0.3 is 4.74 Å². The van der Waals surface area contributed by atoms with Gasteiger partial charge in [0.25, 0.3) is 0 Å². The van der Waals surface area contributed by atoms with Gasteiger partial charge in [-0.3, -0.25) is 4.98 Å². The van der Waals surface area contributed by atoms with Crippen LogP contribution in [0.4, 0.5) is 13.2 Å². The Kier molecular flexibility index (Phi) is 3.82. The summed E-state index contributed by atoms with van der Waals surface area (Å²) in [4.78, 5) is 3.72. The molecule has 1 aromatic heterocycles. The molecular weight excluding hydrogens is 243 g/mol. The van der Waals surface area contributed by atoms with E-state index in [-0.39, 0.29) is 5.75 Å². The largest absolute Gasteiger partial charge is 0.435 e. The molecule has 5 heteroatoms. The van der Waals surface area contributed by atoms with Crippen LogP contribution in [0.1, 0.15) is 11.1 Å². The molecule has 0 saturated heterocycles. The minimum atomic E-state index is -2.85. The molecular formula is C13H10F3NO. The lowest BCUT2D eigenvalue weighted by Crippen LogP contribution is -2.02. The predicted octanol–water partition coefficient (Wildman–Crippen LogP) is 3.41. The molecule has 0 N–H and O–H groups in total. The SMILES string of the molecule is Fc1cncc(Cc2cccc(OC(F)F)c2)c1. The summed E-state index contributed by atoms with van der Waals surface area (Å²) in [6, 6.07) is 7.66. The van der Waals surface area contributed by atoms with E-state index in [2.05, 4.69) is 9.72 Å². The van der Waals surface area contributed by atoms with Crippen LogP contribution in [0.3, 0.4) is 0 Å². The molecule has 94 valence electrons. The summed E-state index contributed by atoms with van der Waals surface area (Å²) in [7, 11) is 0. The Labute approximate surface area is 102 Å². The zero-order valence-electron chi connectivity index (χ0n) is 9.32. The quantitative estimate of drug-likeness (QED) is 0.833. The number of ether oxygens (including phenoxy) is 1. The van der Waals surface area contributed by atoms with Crippen LogP contribution in [-0.2, 0) is 6.42 Å². The van der Waals surface area contributed by atoms with Gasteiger partial charge in [0.15, 0.2) is 0 Å². The van der Waals surface area contributed by atoms with Gasteiger partial charge in [-0.2, -0.15) is 8.78 Å². The molecule has 0 aliphatic carbocycles. The summed E-state index contributed by atoms with van der Waals surface area (Å²) in [5.74, 6) is -0.334. The number of nitrogens with zero attached hydrogens (tertiary/aromatic N) is 1. The molecule has 0 fully saturated rings. The average Bonchev–Trinajstić information content (AvgIpc) is 2.28. The van der Waals surface area contributed by atoms with E-state index in [0.717, 1.165) is 11.8 Å². The van der Waals surface area contributed by atoms with E-state index < -0.39 is 12.4 Å². The average molecular weight is 253 g/mol. The number of rotatable bonds is 4. The van der Waals surface area contributed by atoms with Gasteiger partial charge in [0.2, 0.25) is 0 Å². The standard InChI is InChI=1S/C13H10F3NO/c14-11-5-10(7-17-8-11)4-9-2-1-3-12(6-9)18-13(15)16/h1-3,5-8,13H,4H2. The third-order valence-corrected chi connectivity index (χ3v) is 2.29. The normalized spacial score (nSPS) is 10.7. The Bertz CT molecular complexity index is 531. The molecule has 0 atom stereocenters. The van der Waals surface area contributed by atoms with Crippen LogP contribution < -0.4 is 4.74 Å². The summed E-state index contributed by atoms with van der Waals surface area (Å²) < 4.78 is 41.3. The van der Waals surface area contributed by atoms with E-state index in [1.807, 2.05) is 0 Å². The Morgan fingerprint density at radius 1 is 1.11 bits per heavy atom. The number of aromatic nitrogens is 1. The monoisotopic (exact) mass is 253 g/mol. The summed E-state index contributed by atoms with van der Waals surface area (Å²) in [6.45, 7) is -2.85. The molecule has 0 saturated carbocycles. The third-order valence-electron chi connectivity index (χ3n) is 2.29. The highest BCUT2D eigenvalue weighted by Gasteiger charge is 2.05. The van der Waals surface area contributed by atoms with Crippen molar-refractivity contribution in [1.82, 2.24) is 4.98 Å². The van der Waals surface area contributed by atoms with Crippen LogP contribution in [-0.4, -0.2) is 11.6 Å². The maximum Gasteiger partial charge on any atom is 0.387 e.